The molecule has 8 nitrogen and oxygen atoms in total. The summed E-state index contributed by atoms with van der Waals surface area (Å²) in [6.45, 7) is 4.76. The number of amides is 1. The molecule has 3 atom stereocenters. The number of allylic oxidation sites excluding steroid dienone is 5. The highest BCUT2D eigenvalue weighted by Gasteiger charge is 2.27. The first-order chi connectivity index (χ1) is 24.5. The fourth-order valence-electron chi connectivity index (χ4n) is 5.72. The van der Waals surface area contributed by atoms with Gasteiger partial charge in [0.2, 0.25) is 5.91 Å². The van der Waals surface area contributed by atoms with Crippen LogP contribution in [0.15, 0.2) is 36.5 Å². The molecule has 0 spiro atoms. The van der Waals surface area contributed by atoms with E-state index in [0.29, 0.717) is 17.4 Å². The number of likely N-dealkylation sites (N-methyl/N-ethyl adjacent to an activating group) is 1. The van der Waals surface area contributed by atoms with E-state index in [1.54, 1.807) is 6.08 Å². The van der Waals surface area contributed by atoms with E-state index in [1.807, 2.05) is 27.2 Å². The fourth-order valence-corrected chi connectivity index (χ4v) is 6.45. The maximum atomic E-state index is 12.8. The average Bonchev–Trinajstić information content (AvgIpc) is 3.07. The van der Waals surface area contributed by atoms with E-state index in [4.69, 9.17) is 9.05 Å². The molecule has 0 bridgehead atoms. The standard InChI is InChI=1S/C42H81N2O6P/c1-6-8-10-12-14-16-18-20-22-23-25-27-29-31-33-35-41(45)40(39-50-51(47,48)49-38-37-44(3,4)5)43-42(46)36-34-32-30-28-26-24-21-19-17-15-13-11-9-7-2/h18,20,25,27,33,35,40-41,45H,6-17,19,21-24,26,28-32,34,36-39H2,1-5H3,(H-,43,46,47,48)/p+1/b20-18+,27-25+,35-33+. The molecule has 0 aliphatic rings. The van der Waals surface area contributed by atoms with Crippen LogP contribution in [0.4, 0.5) is 0 Å². The van der Waals surface area contributed by atoms with Gasteiger partial charge in [-0.05, 0) is 44.9 Å². The minimum absolute atomic E-state index is 0.0544. The summed E-state index contributed by atoms with van der Waals surface area (Å²) in [5, 5.41) is 13.8. The Hall–Kier alpha value is -1.28. The quantitative estimate of drug-likeness (QED) is 0.0253. The van der Waals surface area contributed by atoms with Gasteiger partial charge in [-0.3, -0.25) is 13.8 Å². The van der Waals surface area contributed by atoms with Crippen LogP contribution in [0, 0.1) is 0 Å². The van der Waals surface area contributed by atoms with Crippen LogP contribution in [-0.4, -0.2) is 73.4 Å². The third-order valence-electron chi connectivity index (χ3n) is 9.09. The molecule has 0 fully saturated rings. The van der Waals surface area contributed by atoms with E-state index in [1.165, 1.54) is 109 Å². The summed E-state index contributed by atoms with van der Waals surface area (Å²) < 4.78 is 23.5. The fraction of sp³-hybridized carbons (Fsp3) is 0.833. The molecule has 0 radical (unpaired) electrons. The zero-order valence-corrected chi connectivity index (χ0v) is 34.7. The number of phosphoric ester groups is 1. The third-order valence-corrected chi connectivity index (χ3v) is 10.1. The number of rotatable bonds is 37. The maximum Gasteiger partial charge on any atom is 0.472 e. The van der Waals surface area contributed by atoms with Crippen molar-refractivity contribution in [1.82, 2.24) is 5.32 Å². The van der Waals surface area contributed by atoms with Crippen molar-refractivity contribution >= 4 is 13.7 Å². The molecule has 9 heteroatoms. The molecule has 0 saturated carbocycles. The van der Waals surface area contributed by atoms with Gasteiger partial charge < -0.3 is 19.8 Å². The Bertz CT molecular complexity index is 933. The number of carbonyl (C=O) groups excluding carboxylic acids is 1. The van der Waals surface area contributed by atoms with Crippen LogP contribution in [0.1, 0.15) is 174 Å². The SMILES string of the molecule is CCCCCCC/C=C/CC/C=C/CC/C=C/C(O)C(COP(=O)(O)OCC[N+](C)(C)C)NC(=O)CCCCCCCCCCCCCCCC. The summed E-state index contributed by atoms with van der Waals surface area (Å²) in [6, 6.07) is -0.864. The Balaban J connectivity index is 4.55. The smallest absolute Gasteiger partial charge is 0.387 e. The van der Waals surface area contributed by atoms with E-state index in [2.05, 4.69) is 43.5 Å². The van der Waals surface area contributed by atoms with Crippen molar-refractivity contribution in [3.63, 3.8) is 0 Å². The Morgan fingerprint density at radius 1 is 0.647 bits per heavy atom. The highest BCUT2D eigenvalue weighted by Crippen LogP contribution is 2.43. The first-order valence-corrected chi connectivity index (χ1v) is 22.4. The molecule has 3 N–H and O–H groups in total. The number of nitrogens with zero attached hydrogens (tertiary/aromatic N) is 1. The van der Waals surface area contributed by atoms with Crippen molar-refractivity contribution in [2.24, 2.45) is 0 Å². The highest BCUT2D eigenvalue weighted by molar-refractivity contribution is 7.47. The van der Waals surface area contributed by atoms with E-state index in [9.17, 15) is 19.4 Å². The third kappa shape index (κ3) is 36.9. The lowest BCUT2D eigenvalue weighted by Crippen LogP contribution is -2.45. The Morgan fingerprint density at radius 2 is 1.08 bits per heavy atom. The summed E-state index contributed by atoms with van der Waals surface area (Å²) in [6.07, 6.45) is 40.6. The predicted molar refractivity (Wildman–Crippen MR) is 217 cm³/mol. The Labute approximate surface area is 315 Å². The molecule has 1 amide bonds. The second kappa shape index (κ2) is 34.5. The van der Waals surface area contributed by atoms with Gasteiger partial charge in [-0.25, -0.2) is 4.57 Å². The monoisotopic (exact) mass is 742 g/mol. The normalized spacial score (nSPS) is 14.9. The topological polar surface area (TPSA) is 105 Å². The van der Waals surface area contributed by atoms with Crippen molar-refractivity contribution < 1.29 is 32.9 Å². The van der Waals surface area contributed by atoms with Gasteiger partial charge >= 0.3 is 7.82 Å². The molecular formula is C42H82N2O6P+. The zero-order chi connectivity index (χ0) is 37.9. The number of hydrogen-bond donors (Lipinski definition) is 3. The van der Waals surface area contributed by atoms with Crippen molar-refractivity contribution in [2.45, 2.75) is 187 Å². The predicted octanol–water partition coefficient (Wildman–Crippen LogP) is 11.1. The van der Waals surface area contributed by atoms with Crippen molar-refractivity contribution in [1.29, 1.82) is 0 Å². The number of quaternary nitrogens is 1. The maximum absolute atomic E-state index is 12.8. The van der Waals surface area contributed by atoms with Gasteiger partial charge in [0.1, 0.15) is 13.2 Å². The molecule has 0 heterocycles. The number of nitrogens with one attached hydrogen (secondary N) is 1. The highest BCUT2D eigenvalue weighted by atomic mass is 31.2. The molecule has 0 saturated heterocycles. The Morgan fingerprint density at radius 3 is 1.57 bits per heavy atom. The van der Waals surface area contributed by atoms with E-state index in [-0.39, 0.29) is 19.1 Å². The van der Waals surface area contributed by atoms with Gasteiger partial charge in [0, 0.05) is 6.42 Å². The van der Waals surface area contributed by atoms with Crippen LogP contribution in [0.5, 0.6) is 0 Å². The van der Waals surface area contributed by atoms with Crippen LogP contribution >= 0.6 is 7.82 Å². The molecule has 300 valence electrons. The van der Waals surface area contributed by atoms with E-state index < -0.39 is 20.0 Å². The van der Waals surface area contributed by atoms with Gasteiger partial charge in [-0.2, -0.15) is 0 Å². The number of unbranched alkanes of at least 4 members (excludes halogenated alkanes) is 20. The second-order valence-electron chi connectivity index (χ2n) is 15.4. The number of hydrogen-bond acceptors (Lipinski definition) is 5. The molecule has 0 aromatic carbocycles. The lowest BCUT2D eigenvalue weighted by molar-refractivity contribution is -0.870. The summed E-state index contributed by atoms with van der Waals surface area (Å²) in [4.78, 5) is 23.0. The summed E-state index contributed by atoms with van der Waals surface area (Å²) in [7, 11) is 1.55. The summed E-state index contributed by atoms with van der Waals surface area (Å²) >= 11 is 0. The van der Waals surface area contributed by atoms with Crippen LogP contribution < -0.4 is 5.32 Å². The first-order valence-electron chi connectivity index (χ1n) is 20.9. The van der Waals surface area contributed by atoms with Gasteiger partial charge in [-0.15, -0.1) is 0 Å². The van der Waals surface area contributed by atoms with E-state index in [0.717, 1.165) is 44.9 Å². The van der Waals surface area contributed by atoms with E-state index >= 15 is 0 Å². The summed E-state index contributed by atoms with van der Waals surface area (Å²) in [5.41, 5.74) is 0. The van der Waals surface area contributed by atoms with Gasteiger partial charge in [0.15, 0.2) is 0 Å². The zero-order valence-electron chi connectivity index (χ0n) is 33.8. The lowest BCUT2D eigenvalue weighted by atomic mass is 10.0. The molecule has 51 heavy (non-hydrogen) atoms. The number of aliphatic hydroxyl groups is 1. The molecule has 3 unspecified atom stereocenters. The molecular weight excluding hydrogens is 659 g/mol. The van der Waals surface area contributed by atoms with Gasteiger partial charge in [0.25, 0.3) is 0 Å². The van der Waals surface area contributed by atoms with Crippen LogP contribution in [0.3, 0.4) is 0 Å². The van der Waals surface area contributed by atoms with Gasteiger partial charge in [0.05, 0.1) is 39.9 Å². The first kappa shape index (κ1) is 49.7. The molecule has 0 aliphatic heterocycles. The van der Waals surface area contributed by atoms with Crippen molar-refractivity contribution in [3.8, 4) is 0 Å². The minimum Gasteiger partial charge on any atom is -0.387 e. The minimum atomic E-state index is -4.34. The number of phosphoric acid groups is 1. The number of aliphatic hydroxyl groups excluding tert-OH is 1. The second-order valence-corrected chi connectivity index (χ2v) is 16.8. The van der Waals surface area contributed by atoms with Crippen LogP contribution in [0.2, 0.25) is 0 Å². The number of carbonyl (C=O) groups is 1. The molecule has 0 rings (SSSR count). The molecule has 0 aromatic rings. The van der Waals surface area contributed by atoms with Crippen molar-refractivity contribution in [3.05, 3.63) is 36.5 Å². The molecule has 0 aliphatic carbocycles. The van der Waals surface area contributed by atoms with Crippen LogP contribution in [-0.2, 0) is 18.4 Å². The Kier molecular flexibility index (Phi) is 33.6. The lowest BCUT2D eigenvalue weighted by Gasteiger charge is -2.25. The van der Waals surface area contributed by atoms with Crippen molar-refractivity contribution in [2.75, 3.05) is 40.9 Å². The molecule has 0 aromatic heterocycles. The van der Waals surface area contributed by atoms with Gasteiger partial charge in [-0.1, -0.05) is 159 Å². The largest absolute Gasteiger partial charge is 0.472 e. The average molecular weight is 742 g/mol. The van der Waals surface area contributed by atoms with Crippen LogP contribution in [0.25, 0.3) is 0 Å². The summed E-state index contributed by atoms with van der Waals surface area (Å²) in [5.74, 6) is -0.192.